The number of rotatable bonds is 6. The van der Waals surface area contributed by atoms with Gasteiger partial charge in [-0.15, -0.1) is 0 Å². The molecule has 8 nitrogen and oxygen atoms in total. The zero-order chi connectivity index (χ0) is 17.7. The summed E-state index contributed by atoms with van der Waals surface area (Å²) in [6.07, 6.45) is 4.89. The number of hydrogen-bond acceptors (Lipinski definition) is 6. The summed E-state index contributed by atoms with van der Waals surface area (Å²) in [5, 5.41) is 9.11. The molecule has 1 saturated carbocycles. The first kappa shape index (κ1) is 18.0. The predicted molar refractivity (Wildman–Crippen MR) is 92.7 cm³/mol. The lowest BCUT2D eigenvalue weighted by Crippen LogP contribution is -2.34. The smallest absolute Gasteiger partial charge is 0.254 e. The minimum Gasteiger partial charge on any atom is -0.367 e. The lowest BCUT2D eigenvalue weighted by atomic mass is 9.85. The van der Waals surface area contributed by atoms with Crippen molar-refractivity contribution in [2.24, 2.45) is 11.7 Å². The van der Waals surface area contributed by atoms with Gasteiger partial charge in [0.15, 0.2) is 0 Å². The lowest BCUT2D eigenvalue weighted by molar-refractivity contribution is -0.125. The molecule has 1 aliphatic rings. The van der Waals surface area contributed by atoms with Gasteiger partial charge >= 0.3 is 0 Å². The van der Waals surface area contributed by atoms with Gasteiger partial charge in [0.05, 0.1) is 5.56 Å². The van der Waals surface area contributed by atoms with Crippen LogP contribution in [0.2, 0.25) is 0 Å². The van der Waals surface area contributed by atoms with Crippen LogP contribution in [0.1, 0.15) is 49.9 Å². The number of carbonyl (C=O) groups excluding carboxylic acids is 2. The summed E-state index contributed by atoms with van der Waals surface area (Å²) in [6.45, 7) is 3.92. The van der Waals surface area contributed by atoms with Crippen molar-refractivity contribution in [1.29, 1.82) is 0 Å². The predicted octanol–water partition coefficient (Wildman–Crippen LogP) is 1.11. The molecule has 1 fully saturated rings. The Morgan fingerprint density at radius 3 is 2.46 bits per heavy atom. The molecule has 0 spiro atoms. The van der Waals surface area contributed by atoms with Crippen molar-refractivity contribution in [2.45, 2.75) is 51.6 Å². The van der Waals surface area contributed by atoms with Crippen molar-refractivity contribution in [3.8, 4) is 0 Å². The second-order valence-electron chi connectivity index (χ2n) is 6.43. The summed E-state index contributed by atoms with van der Waals surface area (Å²) in [7, 11) is 1.67. The first-order valence-electron chi connectivity index (χ1n) is 8.32. The maximum atomic E-state index is 11.7. The Hall–Kier alpha value is -2.38. The normalized spacial score (nSPS) is 20.5. The van der Waals surface area contributed by atoms with Crippen LogP contribution in [-0.2, 0) is 4.79 Å². The van der Waals surface area contributed by atoms with Gasteiger partial charge in [-0.25, -0.2) is 4.98 Å². The summed E-state index contributed by atoms with van der Waals surface area (Å²) in [6, 6.07) is 0.339. The van der Waals surface area contributed by atoms with Gasteiger partial charge in [-0.3, -0.25) is 9.59 Å². The maximum Gasteiger partial charge on any atom is 0.254 e. The standard InChI is InChI=1S/C16H26N6O2/c1-9(2)20-14-12(13(17)23)8-19-16(22-14)21-11-6-4-10(5-7-11)15(24)18-3/h8-11H,4-7H2,1-3H3,(H2,17,23)(H,18,24)(H2,19,20,21,22)/t10-,11-. The molecule has 0 aromatic carbocycles. The minimum atomic E-state index is -0.559. The van der Waals surface area contributed by atoms with E-state index in [1.165, 1.54) is 6.20 Å². The second kappa shape index (κ2) is 7.94. The van der Waals surface area contributed by atoms with Crippen LogP contribution in [0.5, 0.6) is 0 Å². The molecule has 2 rings (SSSR count). The fraction of sp³-hybridized carbons (Fsp3) is 0.625. The first-order chi connectivity index (χ1) is 11.4. The SMILES string of the molecule is CNC(=O)[C@H]1CC[C@H](Nc2ncc(C(N)=O)c(NC(C)C)n2)CC1. The van der Waals surface area contributed by atoms with Crippen molar-refractivity contribution in [2.75, 3.05) is 17.7 Å². The zero-order valence-electron chi connectivity index (χ0n) is 14.4. The van der Waals surface area contributed by atoms with Crippen molar-refractivity contribution >= 4 is 23.6 Å². The van der Waals surface area contributed by atoms with Gasteiger partial charge < -0.3 is 21.7 Å². The number of primary amides is 1. The molecule has 132 valence electrons. The van der Waals surface area contributed by atoms with Crippen LogP contribution in [-0.4, -0.2) is 40.9 Å². The summed E-state index contributed by atoms with van der Waals surface area (Å²) < 4.78 is 0. The number of anilines is 2. The molecule has 24 heavy (non-hydrogen) atoms. The third-order valence-electron chi connectivity index (χ3n) is 4.16. The Kier molecular flexibility index (Phi) is 5.94. The molecule has 0 saturated heterocycles. The van der Waals surface area contributed by atoms with Crippen LogP contribution in [0.25, 0.3) is 0 Å². The van der Waals surface area contributed by atoms with E-state index in [4.69, 9.17) is 5.73 Å². The van der Waals surface area contributed by atoms with Gasteiger partial charge in [0.1, 0.15) is 5.82 Å². The van der Waals surface area contributed by atoms with Gasteiger partial charge in [-0.1, -0.05) is 0 Å². The molecule has 1 aromatic rings. The molecule has 2 amide bonds. The Bertz CT molecular complexity index is 596. The number of hydrogen-bond donors (Lipinski definition) is 4. The number of nitrogens with one attached hydrogen (secondary N) is 3. The van der Waals surface area contributed by atoms with Crippen LogP contribution >= 0.6 is 0 Å². The highest BCUT2D eigenvalue weighted by Crippen LogP contribution is 2.26. The van der Waals surface area contributed by atoms with Gasteiger partial charge in [-0.05, 0) is 39.5 Å². The molecular weight excluding hydrogens is 308 g/mol. The third kappa shape index (κ3) is 4.56. The molecule has 0 radical (unpaired) electrons. The highest BCUT2D eigenvalue weighted by atomic mass is 16.2. The monoisotopic (exact) mass is 334 g/mol. The van der Waals surface area contributed by atoms with Gasteiger partial charge in [0.2, 0.25) is 11.9 Å². The van der Waals surface area contributed by atoms with Crippen molar-refractivity contribution < 1.29 is 9.59 Å². The van der Waals surface area contributed by atoms with E-state index in [9.17, 15) is 9.59 Å². The largest absolute Gasteiger partial charge is 0.367 e. The topological polar surface area (TPSA) is 122 Å². The molecule has 5 N–H and O–H groups in total. The van der Waals surface area contributed by atoms with E-state index in [0.717, 1.165) is 25.7 Å². The number of carbonyl (C=O) groups is 2. The first-order valence-corrected chi connectivity index (χ1v) is 8.32. The highest BCUT2D eigenvalue weighted by Gasteiger charge is 2.26. The molecule has 0 bridgehead atoms. The lowest BCUT2D eigenvalue weighted by Gasteiger charge is -2.28. The zero-order valence-corrected chi connectivity index (χ0v) is 14.4. The van der Waals surface area contributed by atoms with Crippen LogP contribution < -0.4 is 21.7 Å². The second-order valence-corrected chi connectivity index (χ2v) is 6.43. The Morgan fingerprint density at radius 2 is 1.92 bits per heavy atom. The molecule has 1 heterocycles. The molecule has 0 atom stereocenters. The van der Waals surface area contributed by atoms with E-state index >= 15 is 0 Å². The molecule has 8 heteroatoms. The average molecular weight is 334 g/mol. The number of nitrogens with zero attached hydrogens (tertiary/aromatic N) is 2. The highest BCUT2D eigenvalue weighted by molar-refractivity contribution is 5.97. The molecule has 1 aromatic heterocycles. The molecular formula is C16H26N6O2. The summed E-state index contributed by atoms with van der Waals surface area (Å²) in [4.78, 5) is 31.7. The van der Waals surface area contributed by atoms with Gasteiger partial charge in [-0.2, -0.15) is 4.98 Å². The fourth-order valence-electron chi connectivity index (χ4n) is 2.90. The van der Waals surface area contributed by atoms with Crippen LogP contribution in [0.3, 0.4) is 0 Å². The van der Waals surface area contributed by atoms with Crippen LogP contribution in [0.4, 0.5) is 11.8 Å². The minimum absolute atomic E-state index is 0.0874. The van der Waals surface area contributed by atoms with E-state index in [1.54, 1.807) is 7.05 Å². The van der Waals surface area contributed by atoms with E-state index < -0.39 is 5.91 Å². The number of amides is 2. The molecule has 0 unspecified atom stereocenters. The maximum absolute atomic E-state index is 11.7. The van der Waals surface area contributed by atoms with E-state index in [0.29, 0.717) is 11.8 Å². The van der Waals surface area contributed by atoms with E-state index in [-0.39, 0.29) is 29.5 Å². The van der Waals surface area contributed by atoms with Crippen molar-refractivity contribution in [3.63, 3.8) is 0 Å². The quantitative estimate of drug-likeness (QED) is 0.618. The summed E-state index contributed by atoms with van der Waals surface area (Å²) >= 11 is 0. The molecule has 0 aliphatic heterocycles. The average Bonchev–Trinajstić information content (AvgIpc) is 2.54. The summed E-state index contributed by atoms with van der Waals surface area (Å²) in [5.74, 6) is 0.541. The summed E-state index contributed by atoms with van der Waals surface area (Å²) in [5.41, 5.74) is 5.64. The van der Waals surface area contributed by atoms with Crippen molar-refractivity contribution in [1.82, 2.24) is 15.3 Å². The van der Waals surface area contributed by atoms with Gasteiger partial charge in [0, 0.05) is 31.2 Å². The Balaban J connectivity index is 2.03. The van der Waals surface area contributed by atoms with E-state index in [2.05, 4.69) is 25.9 Å². The van der Waals surface area contributed by atoms with Crippen molar-refractivity contribution in [3.05, 3.63) is 11.8 Å². The molecule has 1 aliphatic carbocycles. The fourth-order valence-corrected chi connectivity index (χ4v) is 2.90. The van der Waals surface area contributed by atoms with E-state index in [1.807, 2.05) is 13.8 Å². The van der Waals surface area contributed by atoms with Crippen LogP contribution in [0.15, 0.2) is 6.20 Å². The third-order valence-corrected chi connectivity index (χ3v) is 4.16. The number of aromatic nitrogens is 2. The Labute approximate surface area is 142 Å². The van der Waals surface area contributed by atoms with Crippen LogP contribution in [0, 0.1) is 5.92 Å². The number of nitrogens with two attached hydrogens (primary N) is 1. The Morgan fingerprint density at radius 1 is 1.25 bits per heavy atom. The van der Waals surface area contributed by atoms with Gasteiger partial charge in [0.25, 0.3) is 5.91 Å².